The second-order valence-corrected chi connectivity index (χ2v) is 7.36. The van der Waals surface area contributed by atoms with Gasteiger partial charge in [0.1, 0.15) is 11.5 Å². The molecule has 160 valence electrons. The molecule has 32 heavy (non-hydrogen) atoms. The molecular weight excluding hydrogens is 406 g/mol. The third kappa shape index (κ3) is 5.02. The van der Waals surface area contributed by atoms with Crippen LogP contribution in [0.25, 0.3) is 12.2 Å². The number of anilines is 1. The highest BCUT2D eigenvalue weighted by Crippen LogP contribution is 2.28. The Bertz CT molecular complexity index is 1180. The Balaban J connectivity index is 1.59. The van der Waals surface area contributed by atoms with Gasteiger partial charge < -0.3 is 10.2 Å². The van der Waals surface area contributed by atoms with Crippen LogP contribution < -0.4 is 5.01 Å². The number of nitro groups is 1. The molecule has 0 fully saturated rings. The Morgan fingerprint density at radius 2 is 1.41 bits per heavy atom. The SMILES string of the molecule is O=[N+]([O-])c1ccc(N2N=C(/C=C/c3ccc(O)cc3)CC2/C=C/c2ccc(O)cc2)cc1. The summed E-state index contributed by atoms with van der Waals surface area (Å²) in [5, 5.41) is 36.5. The summed E-state index contributed by atoms with van der Waals surface area (Å²) >= 11 is 0. The van der Waals surface area contributed by atoms with Gasteiger partial charge in [0.25, 0.3) is 5.69 Å². The standard InChI is InChI=1S/C25H21N3O4/c29-24-13-3-18(4-14-24)1-7-20-17-23(8-2-19-5-15-25(30)16-6-19)27(26-20)21-9-11-22(12-10-21)28(31)32/h1-16,23,29-30H,17H2/b7-1+,8-2+. The van der Waals surface area contributed by atoms with E-state index in [1.165, 1.54) is 12.1 Å². The van der Waals surface area contributed by atoms with E-state index in [0.717, 1.165) is 22.5 Å². The molecule has 0 saturated carbocycles. The topological polar surface area (TPSA) is 99.2 Å². The Labute approximate surface area is 185 Å². The molecule has 2 N–H and O–H groups in total. The maximum absolute atomic E-state index is 11.0. The number of nitro benzene ring substituents is 1. The van der Waals surface area contributed by atoms with Gasteiger partial charge in [-0.05, 0) is 53.6 Å². The summed E-state index contributed by atoms with van der Waals surface area (Å²) in [7, 11) is 0. The number of non-ortho nitro benzene ring substituents is 1. The summed E-state index contributed by atoms with van der Waals surface area (Å²) in [6, 6.07) is 20.0. The van der Waals surface area contributed by atoms with Gasteiger partial charge in [-0.3, -0.25) is 15.1 Å². The lowest BCUT2D eigenvalue weighted by Gasteiger charge is -2.20. The number of hydrogen-bond donors (Lipinski definition) is 2. The lowest BCUT2D eigenvalue weighted by molar-refractivity contribution is -0.384. The molecule has 1 unspecified atom stereocenters. The van der Waals surface area contributed by atoms with Crippen LogP contribution in [0.1, 0.15) is 17.5 Å². The van der Waals surface area contributed by atoms with Crippen molar-refractivity contribution in [3.8, 4) is 11.5 Å². The number of nitrogens with zero attached hydrogens (tertiary/aromatic N) is 3. The van der Waals surface area contributed by atoms with Crippen molar-refractivity contribution in [2.24, 2.45) is 5.10 Å². The van der Waals surface area contributed by atoms with Crippen LogP contribution in [0.4, 0.5) is 11.4 Å². The number of aromatic hydroxyl groups is 2. The number of phenols is 2. The molecule has 0 spiro atoms. The van der Waals surface area contributed by atoms with Crippen LogP contribution in [0, 0.1) is 10.1 Å². The summed E-state index contributed by atoms with van der Waals surface area (Å²) in [6.45, 7) is 0. The molecule has 4 rings (SSSR count). The van der Waals surface area contributed by atoms with Crippen LogP contribution in [-0.4, -0.2) is 26.9 Å². The highest BCUT2D eigenvalue weighted by molar-refractivity contribution is 6.01. The summed E-state index contributed by atoms with van der Waals surface area (Å²) in [5.41, 5.74) is 3.52. The van der Waals surface area contributed by atoms with Crippen LogP contribution in [-0.2, 0) is 0 Å². The van der Waals surface area contributed by atoms with E-state index >= 15 is 0 Å². The third-order valence-electron chi connectivity index (χ3n) is 5.06. The maximum atomic E-state index is 11.0. The van der Waals surface area contributed by atoms with Crippen molar-refractivity contribution < 1.29 is 15.1 Å². The minimum atomic E-state index is -0.426. The first kappa shape index (κ1) is 20.9. The molecule has 0 saturated heterocycles. The van der Waals surface area contributed by atoms with Crippen molar-refractivity contribution >= 4 is 29.2 Å². The molecular formula is C25H21N3O4. The lowest BCUT2D eigenvalue weighted by atomic mass is 10.1. The number of rotatable bonds is 6. The van der Waals surface area contributed by atoms with Gasteiger partial charge in [-0.15, -0.1) is 0 Å². The largest absolute Gasteiger partial charge is 0.508 e. The third-order valence-corrected chi connectivity index (χ3v) is 5.06. The zero-order valence-corrected chi connectivity index (χ0v) is 17.1. The minimum Gasteiger partial charge on any atom is -0.508 e. The molecule has 7 heteroatoms. The van der Waals surface area contributed by atoms with Gasteiger partial charge in [-0.25, -0.2) is 0 Å². The fourth-order valence-corrected chi connectivity index (χ4v) is 3.37. The molecule has 0 aromatic heterocycles. The molecule has 1 aliphatic rings. The van der Waals surface area contributed by atoms with Gasteiger partial charge in [0, 0.05) is 18.6 Å². The Morgan fingerprint density at radius 1 is 0.844 bits per heavy atom. The van der Waals surface area contributed by atoms with Gasteiger partial charge in [0.05, 0.1) is 22.4 Å². The van der Waals surface area contributed by atoms with E-state index in [1.54, 1.807) is 36.4 Å². The highest BCUT2D eigenvalue weighted by Gasteiger charge is 2.25. The molecule has 1 heterocycles. The smallest absolute Gasteiger partial charge is 0.269 e. The van der Waals surface area contributed by atoms with Gasteiger partial charge in [0.15, 0.2) is 0 Å². The zero-order valence-electron chi connectivity index (χ0n) is 17.1. The van der Waals surface area contributed by atoms with Gasteiger partial charge in [-0.2, -0.15) is 5.10 Å². The van der Waals surface area contributed by atoms with E-state index in [1.807, 2.05) is 53.6 Å². The molecule has 7 nitrogen and oxygen atoms in total. The maximum Gasteiger partial charge on any atom is 0.269 e. The predicted molar refractivity (Wildman–Crippen MR) is 126 cm³/mol. The molecule has 3 aromatic rings. The Hall–Kier alpha value is -4.39. The van der Waals surface area contributed by atoms with Crippen molar-refractivity contribution in [2.45, 2.75) is 12.5 Å². The predicted octanol–water partition coefficient (Wildman–Crippen LogP) is 5.37. The number of allylic oxidation sites excluding steroid dienone is 1. The normalized spacial score (nSPS) is 16.1. The molecule has 1 atom stereocenters. The lowest BCUT2D eigenvalue weighted by Crippen LogP contribution is -2.23. The average molecular weight is 427 g/mol. The van der Waals surface area contributed by atoms with E-state index in [0.29, 0.717) is 6.42 Å². The molecule has 0 amide bonds. The molecule has 0 bridgehead atoms. The van der Waals surface area contributed by atoms with Crippen molar-refractivity contribution in [3.63, 3.8) is 0 Å². The zero-order chi connectivity index (χ0) is 22.5. The number of hydrazone groups is 1. The first-order valence-corrected chi connectivity index (χ1v) is 10.0. The number of phenolic OH excluding ortho intramolecular Hbond substituents is 2. The van der Waals surface area contributed by atoms with Gasteiger partial charge >= 0.3 is 0 Å². The monoisotopic (exact) mass is 427 g/mol. The molecule has 0 radical (unpaired) electrons. The van der Waals surface area contributed by atoms with Crippen LogP contribution in [0.5, 0.6) is 11.5 Å². The summed E-state index contributed by atoms with van der Waals surface area (Å²) in [4.78, 5) is 10.6. The molecule has 3 aromatic carbocycles. The second kappa shape index (κ2) is 9.18. The van der Waals surface area contributed by atoms with Crippen molar-refractivity contribution in [1.82, 2.24) is 0 Å². The Kier molecular flexibility index (Phi) is 5.98. The van der Waals surface area contributed by atoms with E-state index < -0.39 is 4.92 Å². The van der Waals surface area contributed by atoms with Crippen LogP contribution >= 0.6 is 0 Å². The molecule has 0 aliphatic carbocycles. The van der Waals surface area contributed by atoms with E-state index in [4.69, 9.17) is 5.10 Å². The van der Waals surface area contributed by atoms with Gasteiger partial charge in [-0.1, -0.05) is 42.5 Å². The van der Waals surface area contributed by atoms with Crippen LogP contribution in [0.2, 0.25) is 0 Å². The first-order chi connectivity index (χ1) is 15.5. The number of hydrogen-bond acceptors (Lipinski definition) is 6. The summed E-state index contributed by atoms with van der Waals surface area (Å²) in [6.07, 6.45) is 8.50. The van der Waals surface area contributed by atoms with Crippen LogP contribution in [0.15, 0.2) is 90.0 Å². The molecule has 1 aliphatic heterocycles. The summed E-state index contributed by atoms with van der Waals surface area (Å²) in [5.74, 6) is 0.421. The van der Waals surface area contributed by atoms with Crippen molar-refractivity contribution in [2.75, 3.05) is 5.01 Å². The summed E-state index contributed by atoms with van der Waals surface area (Å²) < 4.78 is 0. The van der Waals surface area contributed by atoms with E-state index in [-0.39, 0.29) is 23.2 Å². The van der Waals surface area contributed by atoms with Crippen LogP contribution in [0.3, 0.4) is 0 Å². The average Bonchev–Trinajstić information content (AvgIpc) is 3.21. The van der Waals surface area contributed by atoms with Crippen molar-refractivity contribution in [3.05, 3.63) is 106 Å². The minimum absolute atomic E-state index is 0.0283. The second-order valence-electron chi connectivity index (χ2n) is 7.36. The first-order valence-electron chi connectivity index (χ1n) is 10.0. The van der Waals surface area contributed by atoms with Gasteiger partial charge in [0.2, 0.25) is 0 Å². The van der Waals surface area contributed by atoms with Crippen molar-refractivity contribution in [1.29, 1.82) is 0 Å². The fourth-order valence-electron chi connectivity index (χ4n) is 3.37. The van der Waals surface area contributed by atoms with E-state index in [9.17, 15) is 20.3 Å². The number of benzene rings is 3. The quantitative estimate of drug-likeness (QED) is 0.407. The highest BCUT2D eigenvalue weighted by atomic mass is 16.6. The van der Waals surface area contributed by atoms with E-state index in [2.05, 4.69) is 0 Å². The Morgan fingerprint density at radius 3 is 1.97 bits per heavy atom. The fraction of sp³-hybridized carbons (Fsp3) is 0.0800.